The molecule has 2 aromatic heterocycles. The molecule has 146 valence electrons. The Hall–Kier alpha value is -3.10. The SMILES string of the molecule is COC(=O)C(CC(C)C)NC(=O)COC(=O)c1ccc(Cn2cccn2)o1. The Morgan fingerprint density at radius 3 is 2.70 bits per heavy atom. The Balaban J connectivity index is 1.84. The van der Waals surface area contributed by atoms with Gasteiger partial charge < -0.3 is 19.2 Å². The quantitative estimate of drug-likeness (QED) is 0.657. The molecule has 1 unspecified atom stereocenters. The van der Waals surface area contributed by atoms with E-state index in [1.54, 1.807) is 29.2 Å². The van der Waals surface area contributed by atoms with E-state index in [2.05, 4.69) is 15.2 Å². The van der Waals surface area contributed by atoms with Crippen LogP contribution in [0.5, 0.6) is 0 Å². The van der Waals surface area contributed by atoms with Crippen LogP contribution in [0.25, 0.3) is 0 Å². The van der Waals surface area contributed by atoms with Gasteiger partial charge in [0.1, 0.15) is 11.8 Å². The summed E-state index contributed by atoms with van der Waals surface area (Å²) in [5.41, 5.74) is 0. The Morgan fingerprint density at radius 2 is 2.07 bits per heavy atom. The molecule has 0 bridgehead atoms. The van der Waals surface area contributed by atoms with Gasteiger partial charge in [-0.2, -0.15) is 5.10 Å². The second-order valence-electron chi connectivity index (χ2n) is 6.32. The van der Waals surface area contributed by atoms with E-state index < -0.39 is 30.5 Å². The minimum atomic E-state index is -0.787. The van der Waals surface area contributed by atoms with E-state index >= 15 is 0 Å². The Bertz CT molecular complexity index is 766. The third kappa shape index (κ3) is 6.28. The lowest BCUT2D eigenvalue weighted by molar-refractivity contribution is -0.145. The van der Waals surface area contributed by atoms with Crippen LogP contribution < -0.4 is 5.32 Å². The number of rotatable bonds is 9. The lowest BCUT2D eigenvalue weighted by Gasteiger charge is -2.18. The van der Waals surface area contributed by atoms with Crippen molar-refractivity contribution in [3.05, 3.63) is 42.1 Å². The van der Waals surface area contributed by atoms with Gasteiger partial charge in [0.15, 0.2) is 6.61 Å². The molecular formula is C18H23N3O6. The predicted molar refractivity (Wildman–Crippen MR) is 93.7 cm³/mol. The molecule has 1 N–H and O–H groups in total. The fourth-order valence-corrected chi connectivity index (χ4v) is 2.39. The van der Waals surface area contributed by atoms with E-state index in [1.807, 2.05) is 13.8 Å². The van der Waals surface area contributed by atoms with Gasteiger partial charge in [-0.15, -0.1) is 0 Å². The summed E-state index contributed by atoms with van der Waals surface area (Å²) < 4.78 is 16.7. The van der Waals surface area contributed by atoms with Crippen LogP contribution in [0.1, 0.15) is 36.6 Å². The smallest absolute Gasteiger partial charge is 0.374 e. The van der Waals surface area contributed by atoms with E-state index in [0.717, 1.165) is 0 Å². The Labute approximate surface area is 156 Å². The maximum Gasteiger partial charge on any atom is 0.374 e. The highest BCUT2D eigenvalue weighted by molar-refractivity contribution is 5.90. The molecule has 9 nitrogen and oxygen atoms in total. The third-order valence-electron chi connectivity index (χ3n) is 3.60. The van der Waals surface area contributed by atoms with Crippen LogP contribution in [0, 0.1) is 5.92 Å². The number of aromatic nitrogens is 2. The number of carbonyl (C=O) groups excluding carboxylic acids is 3. The van der Waals surface area contributed by atoms with Crippen molar-refractivity contribution in [1.82, 2.24) is 15.1 Å². The van der Waals surface area contributed by atoms with Crippen molar-refractivity contribution in [1.29, 1.82) is 0 Å². The summed E-state index contributed by atoms with van der Waals surface area (Å²) in [6.45, 7) is 3.68. The van der Waals surface area contributed by atoms with Crippen LogP contribution >= 0.6 is 0 Å². The first kappa shape index (κ1) is 20.2. The standard InChI is InChI=1S/C18H23N3O6/c1-12(2)9-14(17(23)25-3)20-16(22)11-26-18(24)15-6-5-13(27-15)10-21-8-4-7-19-21/h4-8,12,14H,9-11H2,1-3H3,(H,20,22). The summed E-state index contributed by atoms with van der Waals surface area (Å²) in [6.07, 6.45) is 3.82. The first-order valence-corrected chi connectivity index (χ1v) is 8.49. The molecule has 2 aromatic rings. The molecule has 1 atom stereocenters. The number of amides is 1. The normalized spacial score (nSPS) is 11.9. The number of esters is 2. The van der Waals surface area contributed by atoms with Crippen molar-refractivity contribution < 1.29 is 28.3 Å². The summed E-state index contributed by atoms with van der Waals surface area (Å²) in [5, 5.41) is 6.55. The first-order valence-electron chi connectivity index (χ1n) is 8.49. The predicted octanol–water partition coefficient (Wildman–Crippen LogP) is 1.39. The number of nitrogens with zero attached hydrogens (tertiary/aromatic N) is 2. The van der Waals surface area contributed by atoms with E-state index in [1.165, 1.54) is 13.2 Å². The molecule has 0 radical (unpaired) electrons. The largest absolute Gasteiger partial charge is 0.467 e. The zero-order valence-corrected chi connectivity index (χ0v) is 15.5. The Morgan fingerprint density at radius 1 is 1.30 bits per heavy atom. The molecule has 2 rings (SSSR count). The molecule has 9 heteroatoms. The van der Waals surface area contributed by atoms with Crippen molar-refractivity contribution in [2.75, 3.05) is 13.7 Å². The van der Waals surface area contributed by atoms with Gasteiger partial charge in [0, 0.05) is 12.4 Å². The number of nitrogens with one attached hydrogen (secondary N) is 1. The summed E-state index contributed by atoms with van der Waals surface area (Å²) in [6, 6.07) is 4.09. The molecule has 0 saturated carbocycles. The molecule has 0 aliphatic rings. The number of ether oxygens (including phenoxy) is 2. The van der Waals surface area contributed by atoms with Gasteiger partial charge in [0.2, 0.25) is 5.76 Å². The van der Waals surface area contributed by atoms with Gasteiger partial charge >= 0.3 is 11.9 Å². The van der Waals surface area contributed by atoms with E-state index in [4.69, 9.17) is 9.15 Å². The highest BCUT2D eigenvalue weighted by atomic mass is 16.5. The van der Waals surface area contributed by atoms with Gasteiger partial charge in [-0.05, 0) is 30.5 Å². The van der Waals surface area contributed by atoms with Crippen LogP contribution in [0.2, 0.25) is 0 Å². The summed E-state index contributed by atoms with van der Waals surface area (Å²) in [5.74, 6) is -1.22. The van der Waals surface area contributed by atoms with Gasteiger partial charge in [0.25, 0.3) is 5.91 Å². The number of methoxy groups -OCH3 is 1. The van der Waals surface area contributed by atoms with Crippen LogP contribution in [-0.2, 0) is 25.6 Å². The third-order valence-corrected chi connectivity index (χ3v) is 3.60. The number of hydrogen-bond donors (Lipinski definition) is 1. The van der Waals surface area contributed by atoms with Crippen LogP contribution in [0.15, 0.2) is 35.0 Å². The number of hydrogen-bond acceptors (Lipinski definition) is 7. The summed E-state index contributed by atoms with van der Waals surface area (Å²) in [7, 11) is 1.25. The van der Waals surface area contributed by atoms with Crippen LogP contribution in [0.3, 0.4) is 0 Å². The minimum Gasteiger partial charge on any atom is -0.467 e. The van der Waals surface area contributed by atoms with E-state index in [-0.39, 0.29) is 11.7 Å². The average Bonchev–Trinajstić information content (AvgIpc) is 3.30. The molecule has 0 fully saturated rings. The van der Waals surface area contributed by atoms with Gasteiger partial charge in [-0.25, -0.2) is 9.59 Å². The average molecular weight is 377 g/mol. The van der Waals surface area contributed by atoms with Crippen molar-refractivity contribution in [3.63, 3.8) is 0 Å². The molecule has 0 saturated heterocycles. The molecule has 0 aliphatic carbocycles. The fourth-order valence-electron chi connectivity index (χ4n) is 2.39. The molecule has 0 spiro atoms. The first-order chi connectivity index (χ1) is 12.9. The lowest BCUT2D eigenvalue weighted by Crippen LogP contribution is -2.44. The Kier molecular flexibility index (Phi) is 7.16. The van der Waals surface area contributed by atoms with E-state index in [9.17, 15) is 14.4 Å². The monoisotopic (exact) mass is 377 g/mol. The lowest BCUT2D eigenvalue weighted by atomic mass is 10.0. The van der Waals surface area contributed by atoms with Crippen LogP contribution in [-0.4, -0.2) is 47.4 Å². The second-order valence-corrected chi connectivity index (χ2v) is 6.32. The topological polar surface area (TPSA) is 113 Å². The van der Waals surface area contributed by atoms with Crippen LogP contribution in [0.4, 0.5) is 0 Å². The summed E-state index contributed by atoms with van der Waals surface area (Å²) >= 11 is 0. The van der Waals surface area contributed by atoms with Crippen molar-refractivity contribution in [2.24, 2.45) is 5.92 Å². The zero-order chi connectivity index (χ0) is 19.8. The molecule has 0 aromatic carbocycles. The van der Waals surface area contributed by atoms with E-state index in [0.29, 0.717) is 18.7 Å². The van der Waals surface area contributed by atoms with Crippen molar-refractivity contribution in [3.8, 4) is 0 Å². The second kappa shape index (κ2) is 9.56. The maximum atomic E-state index is 12.0. The molecular weight excluding hydrogens is 354 g/mol. The highest BCUT2D eigenvalue weighted by Crippen LogP contribution is 2.11. The van der Waals surface area contributed by atoms with Gasteiger partial charge in [0.05, 0.1) is 13.7 Å². The van der Waals surface area contributed by atoms with Crippen molar-refractivity contribution in [2.45, 2.75) is 32.9 Å². The molecule has 27 heavy (non-hydrogen) atoms. The minimum absolute atomic E-state index is 0.0170. The highest BCUT2D eigenvalue weighted by Gasteiger charge is 2.23. The van der Waals surface area contributed by atoms with Gasteiger partial charge in [-0.1, -0.05) is 13.8 Å². The molecule has 2 heterocycles. The fraction of sp³-hybridized carbons (Fsp3) is 0.444. The van der Waals surface area contributed by atoms with Crippen molar-refractivity contribution >= 4 is 17.8 Å². The molecule has 0 aliphatic heterocycles. The van der Waals surface area contributed by atoms with Gasteiger partial charge in [-0.3, -0.25) is 9.48 Å². The number of furan rings is 1. The summed E-state index contributed by atoms with van der Waals surface area (Å²) in [4.78, 5) is 35.7. The molecule has 1 amide bonds. The number of carbonyl (C=O) groups is 3. The maximum absolute atomic E-state index is 12.0. The zero-order valence-electron chi connectivity index (χ0n) is 15.5.